The molecular weight excluding hydrogens is 295 g/mol. The predicted octanol–water partition coefficient (Wildman–Crippen LogP) is 4.67. The normalized spacial score (nSPS) is 13.2. The molecular formula is C16H16F3NS. The standard InChI is InChI=1S/C16H16F3NS/c1-21-15-8-3-2-7-13(15)14(20)10-11-5-4-6-12(9-11)16(17,18)19/h2-9,14H,10,20H2,1H3. The molecule has 1 atom stereocenters. The van der Waals surface area contributed by atoms with Gasteiger partial charge in [-0.05, 0) is 35.9 Å². The minimum absolute atomic E-state index is 0.322. The van der Waals surface area contributed by atoms with Crippen molar-refractivity contribution < 1.29 is 13.2 Å². The molecule has 0 saturated heterocycles. The Bertz CT molecular complexity index is 610. The van der Waals surface area contributed by atoms with E-state index in [1.54, 1.807) is 17.8 Å². The fourth-order valence-corrected chi connectivity index (χ4v) is 2.88. The average Bonchev–Trinajstić information content (AvgIpc) is 2.46. The maximum atomic E-state index is 12.7. The molecule has 0 bridgehead atoms. The fraction of sp³-hybridized carbons (Fsp3) is 0.250. The summed E-state index contributed by atoms with van der Waals surface area (Å²) in [6, 6.07) is 12.7. The second-order valence-electron chi connectivity index (χ2n) is 4.75. The first kappa shape index (κ1) is 15.9. The van der Waals surface area contributed by atoms with Gasteiger partial charge in [-0.25, -0.2) is 0 Å². The number of hydrogen-bond donors (Lipinski definition) is 1. The van der Waals surface area contributed by atoms with Crippen LogP contribution in [0.4, 0.5) is 13.2 Å². The largest absolute Gasteiger partial charge is 0.416 e. The Hall–Kier alpha value is -1.46. The summed E-state index contributed by atoms with van der Waals surface area (Å²) in [4.78, 5) is 1.05. The van der Waals surface area contributed by atoms with Crippen LogP contribution in [0.5, 0.6) is 0 Å². The molecule has 2 aromatic carbocycles. The molecule has 0 fully saturated rings. The lowest BCUT2D eigenvalue weighted by Crippen LogP contribution is -2.15. The maximum absolute atomic E-state index is 12.7. The van der Waals surface area contributed by atoms with Crippen molar-refractivity contribution in [1.82, 2.24) is 0 Å². The molecule has 0 aromatic heterocycles. The first-order valence-corrected chi connectivity index (χ1v) is 7.69. The van der Waals surface area contributed by atoms with Gasteiger partial charge in [0.1, 0.15) is 0 Å². The summed E-state index contributed by atoms with van der Waals surface area (Å²) in [5.74, 6) is 0. The van der Waals surface area contributed by atoms with E-state index in [4.69, 9.17) is 5.73 Å². The van der Waals surface area contributed by atoms with E-state index < -0.39 is 11.7 Å². The summed E-state index contributed by atoms with van der Waals surface area (Å²) in [6.45, 7) is 0. The average molecular weight is 311 g/mol. The second-order valence-corrected chi connectivity index (χ2v) is 5.60. The van der Waals surface area contributed by atoms with E-state index in [9.17, 15) is 13.2 Å². The van der Waals surface area contributed by atoms with Gasteiger partial charge in [-0.3, -0.25) is 0 Å². The highest BCUT2D eigenvalue weighted by atomic mass is 32.2. The van der Waals surface area contributed by atoms with Gasteiger partial charge >= 0.3 is 6.18 Å². The maximum Gasteiger partial charge on any atom is 0.416 e. The quantitative estimate of drug-likeness (QED) is 0.830. The lowest BCUT2D eigenvalue weighted by molar-refractivity contribution is -0.137. The highest BCUT2D eigenvalue weighted by Crippen LogP contribution is 2.31. The number of alkyl halides is 3. The van der Waals surface area contributed by atoms with Crippen molar-refractivity contribution in [2.45, 2.75) is 23.5 Å². The molecule has 0 saturated carbocycles. The Labute approximate surface area is 126 Å². The molecule has 2 aromatic rings. The van der Waals surface area contributed by atoms with Gasteiger partial charge in [0, 0.05) is 10.9 Å². The number of nitrogens with two attached hydrogens (primary N) is 1. The van der Waals surface area contributed by atoms with E-state index in [0.717, 1.165) is 16.5 Å². The zero-order valence-electron chi connectivity index (χ0n) is 11.5. The third-order valence-electron chi connectivity index (χ3n) is 3.25. The number of hydrogen-bond acceptors (Lipinski definition) is 2. The topological polar surface area (TPSA) is 26.0 Å². The SMILES string of the molecule is CSc1ccccc1C(N)Cc1cccc(C(F)(F)F)c1. The highest BCUT2D eigenvalue weighted by Gasteiger charge is 2.30. The van der Waals surface area contributed by atoms with Gasteiger partial charge < -0.3 is 5.73 Å². The molecule has 0 aliphatic heterocycles. The number of benzene rings is 2. The van der Waals surface area contributed by atoms with Crippen molar-refractivity contribution in [2.75, 3.05) is 6.26 Å². The van der Waals surface area contributed by atoms with Gasteiger partial charge in [0.15, 0.2) is 0 Å². The van der Waals surface area contributed by atoms with E-state index >= 15 is 0 Å². The van der Waals surface area contributed by atoms with Crippen LogP contribution in [0.2, 0.25) is 0 Å². The van der Waals surface area contributed by atoms with Crippen LogP contribution in [-0.4, -0.2) is 6.26 Å². The third kappa shape index (κ3) is 4.02. The summed E-state index contributed by atoms with van der Waals surface area (Å²) in [5, 5.41) is 0. The van der Waals surface area contributed by atoms with Crippen molar-refractivity contribution in [3.05, 3.63) is 65.2 Å². The van der Waals surface area contributed by atoms with E-state index in [2.05, 4.69) is 0 Å². The molecule has 5 heteroatoms. The summed E-state index contributed by atoms with van der Waals surface area (Å²) < 4.78 is 38.1. The monoisotopic (exact) mass is 311 g/mol. The Morgan fingerprint density at radius 1 is 1.10 bits per heavy atom. The van der Waals surface area contributed by atoms with Crippen molar-refractivity contribution >= 4 is 11.8 Å². The summed E-state index contributed by atoms with van der Waals surface area (Å²) in [7, 11) is 0. The Balaban J connectivity index is 2.22. The molecule has 0 aliphatic rings. The zero-order valence-corrected chi connectivity index (χ0v) is 12.3. The lowest BCUT2D eigenvalue weighted by Gasteiger charge is -2.16. The van der Waals surface area contributed by atoms with Crippen LogP contribution < -0.4 is 5.73 Å². The van der Waals surface area contributed by atoms with Crippen molar-refractivity contribution in [2.24, 2.45) is 5.73 Å². The lowest BCUT2D eigenvalue weighted by atomic mass is 9.98. The summed E-state index contributed by atoms with van der Waals surface area (Å²) in [5.41, 5.74) is 7.09. The Kier molecular flexibility index (Phi) is 4.96. The van der Waals surface area contributed by atoms with Crippen LogP contribution in [-0.2, 0) is 12.6 Å². The van der Waals surface area contributed by atoms with Crippen molar-refractivity contribution in [1.29, 1.82) is 0 Å². The predicted molar refractivity (Wildman–Crippen MR) is 80.3 cm³/mol. The van der Waals surface area contributed by atoms with E-state index in [1.807, 2.05) is 30.5 Å². The Morgan fingerprint density at radius 3 is 2.48 bits per heavy atom. The van der Waals surface area contributed by atoms with Crippen LogP contribution in [0, 0.1) is 0 Å². The molecule has 1 unspecified atom stereocenters. The van der Waals surface area contributed by atoms with Gasteiger partial charge in [0.2, 0.25) is 0 Å². The molecule has 1 nitrogen and oxygen atoms in total. The number of rotatable bonds is 4. The molecule has 2 rings (SSSR count). The molecule has 0 heterocycles. The molecule has 0 aliphatic carbocycles. The number of halogens is 3. The zero-order chi connectivity index (χ0) is 15.5. The van der Waals surface area contributed by atoms with Gasteiger partial charge in [-0.1, -0.05) is 36.4 Å². The third-order valence-corrected chi connectivity index (χ3v) is 4.06. The van der Waals surface area contributed by atoms with Gasteiger partial charge in [-0.15, -0.1) is 11.8 Å². The van der Waals surface area contributed by atoms with Crippen LogP contribution in [0.15, 0.2) is 53.4 Å². The first-order valence-electron chi connectivity index (χ1n) is 6.46. The summed E-state index contributed by atoms with van der Waals surface area (Å²) in [6.07, 6.45) is -1.99. The molecule has 2 N–H and O–H groups in total. The number of thioether (sulfide) groups is 1. The smallest absolute Gasteiger partial charge is 0.324 e. The minimum atomic E-state index is -4.32. The van der Waals surface area contributed by atoms with Crippen LogP contribution in [0.3, 0.4) is 0 Å². The molecule has 0 radical (unpaired) electrons. The molecule has 0 amide bonds. The highest BCUT2D eigenvalue weighted by molar-refractivity contribution is 7.98. The molecule has 21 heavy (non-hydrogen) atoms. The molecule has 112 valence electrons. The van der Waals surface area contributed by atoms with Gasteiger partial charge in [0.25, 0.3) is 0 Å². The van der Waals surface area contributed by atoms with Crippen molar-refractivity contribution in [3.63, 3.8) is 0 Å². The van der Waals surface area contributed by atoms with Crippen LogP contribution in [0.1, 0.15) is 22.7 Å². The van der Waals surface area contributed by atoms with Crippen LogP contribution in [0.25, 0.3) is 0 Å². The van der Waals surface area contributed by atoms with E-state index in [1.165, 1.54) is 12.1 Å². The van der Waals surface area contributed by atoms with E-state index in [-0.39, 0.29) is 6.04 Å². The van der Waals surface area contributed by atoms with Gasteiger partial charge in [-0.2, -0.15) is 13.2 Å². The second kappa shape index (κ2) is 6.54. The summed E-state index contributed by atoms with van der Waals surface area (Å²) >= 11 is 1.58. The van der Waals surface area contributed by atoms with Gasteiger partial charge in [0.05, 0.1) is 5.56 Å². The Morgan fingerprint density at radius 2 is 1.81 bits per heavy atom. The molecule has 0 spiro atoms. The fourth-order valence-electron chi connectivity index (χ4n) is 2.21. The van der Waals surface area contributed by atoms with E-state index in [0.29, 0.717) is 12.0 Å². The van der Waals surface area contributed by atoms with Crippen molar-refractivity contribution in [3.8, 4) is 0 Å². The minimum Gasteiger partial charge on any atom is -0.324 e. The van der Waals surface area contributed by atoms with Crippen LogP contribution >= 0.6 is 11.8 Å². The first-order chi connectivity index (χ1) is 9.91.